The number of phenols is 1. The van der Waals surface area contributed by atoms with E-state index < -0.39 is 18.0 Å². The molecule has 0 heterocycles. The van der Waals surface area contributed by atoms with E-state index in [4.69, 9.17) is 10.00 Å². The van der Waals surface area contributed by atoms with Crippen molar-refractivity contribution in [2.45, 2.75) is 32.2 Å². The summed E-state index contributed by atoms with van der Waals surface area (Å²) >= 11 is 0. The molecule has 1 atom stereocenters. The van der Waals surface area contributed by atoms with Crippen molar-refractivity contribution in [3.63, 3.8) is 0 Å². The Morgan fingerprint density at radius 1 is 1.39 bits per heavy atom. The Morgan fingerprint density at radius 3 is 2.61 bits per heavy atom. The second kappa shape index (κ2) is 9.30. The molecule has 2 N–H and O–H groups in total. The molecule has 0 aliphatic heterocycles. The van der Waals surface area contributed by atoms with Gasteiger partial charge in [0.25, 0.3) is 5.91 Å². The minimum Gasteiger partial charge on any atom is -0.508 e. The largest absolute Gasteiger partial charge is 0.508 e. The molecule has 1 unspecified atom stereocenters. The summed E-state index contributed by atoms with van der Waals surface area (Å²) in [6, 6.07) is 5.35. The van der Waals surface area contributed by atoms with E-state index >= 15 is 0 Å². The molecule has 0 aromatic heterocycles. The van der Waals surface area contributed by atoms with Crippen molar-refractivity contribution >= 4 is 12.0 Å². The number of amides is 2. The second-order valence-electron chi connectivity index (χ2n) is 5.05. The number of nitrogens with one attached hydrogen (secondary N) is 1. The number of carbonyl (C=O) groups is 2. The molecule has 1 aromatic carbocycles. The molecule has 1 rings (SSSR count). The minimum absolute atomic E-state index is 0.109. The van der Waals surface area contributed by atoms with E-state index in [1.165, 1.54) is 19.2 Å². The fourth-order valence-corrected chi connectivity index (χ4v) is 1.84. The first kappa shape index (κ1) is 18.3. The van der Waals surface area contributed by atoms with Crippen LogP contribution >= 0.6 is 0 Å². The molecule has 0 saturated carbocycles. The highest BCUT2D eigenvalue weighted by molar-refractivity contribution is 5.86. The summed E-state index contributed by atoms with van der Waals surface area (Å²) < 4.78 is 4.99. The van der Waals surface area contributed by atoms with Crippen LogP contribution in [0, 0.1) is 11.5 Å². The van der Waals surface area contributed by atoms with Crippen molar-refractivity contribution < 1.29 is 19.4 Å². The van der Waals surface area contributed by atoms with Gasteiger partial charge < -0.3 is 15.2 Å². The zero-order valence-corrected chi connectivity index (χ0v) is 13.3. The summed E-state index contributed by atoms with van der Waals surface area (Å²) in [6.45, 7) is 2.25. The van der Waals surface area contributed by atoms with E-state index in [9.17, 15) is 14.7 Å². The number of benzene rings is 1. The lowest BCUT2D eigenvalue weighted by atomic mass is 10.0. The quantitative estimate of drug-likeness (QED) is 0.453. The summed E-state index contributed by atoms with van der Waals surface area (Å²) in [7, 11) is 1.33. The average molecular weight is 319 g/mol. The fraction of sp³-hybridized carbons (Fsp3) is 0.438. The molecule has 0 fully saturated rings. The highest BCUT2D eigenvalue weighted by Crippen LogP contribution is 2.12. The van der Waals surface area contributed by atoms with E-state index in [1.54, 1.807) is 18.3 Å². The smallest absolute Gasteiger partial charge is 0.407 e. The van der Waals surface area contributed by atoms with Crippen LogP contribution in [-0.2, 0) is 16.0 Å². The van der Waals surface area contributed by atoms with Gasteiger partial charge in [-0.25, -0.2) is 4.79 Å². The standard InChI is InChI=1S/C16H21N3O4/c1-3-4-9-23-16(22)18-14(15(21)19(2)11-17)10-12-5-7-13(20)8-6-12/h5-8,14,20H,3-4,9-10H2,1-2H3,(H,18,22). The first-order chi connectivity index (χ1) is 11.0. The van der Waals surface area contributed by atoms with Crippen LogP contribution in [0.15, 0.2) is 24.3 Å². The number of likely N-dealkylation sites (N-methyl/N-ethyl adjacent to an activating group) is 1. The van der Waals surface area contributed by atoms with Gasteiger partial charge >= 0.3 is 6.09 Å². The van der Waals surface area contributed by atoms with E-state index in [-0.39, 0.29) is 18.8 Å². The van der Waals surface area contributed by atoms with Crippen molar-refractivity contribution in [1.29, 1.82) is 5.26 Å². The molecule has 0 radical (unpaired) electrons. The SMILES string of the molecule is CCCCOC(=O)NC(Cc1ccc(O)cc1)C(=O)N(C)C#N. The molecule has 0 aliphatic carbocycles. The third-order valence-corrected chi connectivity index (χ3v) is 3.18. The summed E-state index contributed by atoms with van der Waals surface area (Å²) in [5.41, 5.74) is 0.737. The number of carbonyl (C=O) groups excluding carboxylic acids is 2. The van der Waals surface area contributed by atoms with Crippen LogP contribution in [0.25, 0.3) is 0 Å². The highest BCUT2D eigenvalue weighted by atomic mass is 16.5. The average Bonchev–Trinajstić information content (AvgIpc) is 2.55. The normalized spacial score (nSPS) is 11.2. The highest BCUT2D eigenvalue weighted by Gasteiger charge is 2.25. The molecule has 0 bridgehead atoms. The predicted molar refractivity (Wildman–Crippen MR) is 83.4 cm³/mol. The van der Waals surface area contributed by atoms with Gasteiger partial charge in [-0.1, -0.05) is 25.5 Å². The van der Waals surface area contributed by atoms with Gasteiger partial charge in [0, 0.05) is 13.5 Å². The molecule has 0 aliphatic rings. The number of nitriles is 1. The van der Waals surface area contributed by atoms with Gasteiger partial charge in [-0.15, -0.1) is 0 Å². The zero-order chi connectivity index (χ0) is 17.2. The van der Waals surface area contributed by atoms with Gasteiger partial charge in [0.05, 0.1) is 6.61 Å². The summed E-state index contributed by atoms with van der Waals surface area (Å²) in [5.74, 6) is -0.425. The lowest BCUT2D eigenvalue weighted by Gasteiger charge is -2.20. The van der Waals surface area contributed by atoms with Crippen LogP contribution < -0.4 is 5.32 Å². The summed E-state index contributed by atoms with van der Waals surface area (Å²) in [6.07, 6.45) is 2.84. The molecule has 124 valence electrons. The number of hydrogen-bond donors (Lipinski definition) is 2. The maximum atomic E-state index is 12.2. The van der Waals surface area contributed by atoms with Crippen LogP contribution in [-0.4, -0.2) is 41.7 Å². The Morgan fingerprint density at radius 2 is 2.04 bits per heavy atom. The topological polar surface area (TPSA) is 103 Å². The first-order valence-corrected chi connectivity index (χ1v) is 7.36. The fourth-order valence-electron chi connectivity index (χ4n) is 1.84. The van der Waals surface area contributed by atoms with Crippen molar-refractivity contribution in [2.75, 3.05) is 13.7 Å². The number of aromatic hydroxyl groups is 1. The first-order valence-electron chi connectivity index (χ1n) is 7.36. The third-order valence-electron chi connectivity index (χ3n) is 3.18. The lowest BCUT2D eigenvalue weighted by Crippen LogP contribution is -2.47. The molecular weight excluding hydrogens is 298 g/mol. The molecular formula is C16H21N3O4. The number of nitrogens with zero attached hydrogens (tertiary/aromatic N) is 2. The number of unbranched alkanes of at least 4 members (excludes halogenated alkanes) is 1. The molecule has 7 heteroatoms. The number of hydrogen-bond acceptors (Lipinski definition) is 5. The summed E-state index contributed by atoms with van der Waals surface area (Å²) in [5, 5.41) is 20.6. The number of ether oxygens (including phenoxy) is 1. The second-order valence-corrected chi connectivity index (χ2v) is 5.05. The Hall–Kier alpha value is -2.75. The maximum Gasteiger partial charge on any atom is 0.407 e. The minimum atomic E-state index is -0.918. The molecule has 7 nitrogen and oxygen atoms in total. The van der Waals surface area contributed by atoms with E-state index in [0.717, 1.165) is 23.3 Å². The van der Waals surface area contributed by atoms with Crippen LogP contribution in [0.4, 0.5) is 4.79 Å². The predicted octanol–water partition coefficient (Wildman–Crippen LogP) is 1.77. The van der Waals surface area contributed by atoms with Gasteiger partial charge in [-0.3, -0.25) is 9.69 Å². The van der Waals surface area contributed by atoms with E-state index in [0.29, 0.717) is 0 Å². The molecule has 0 saturated heterocycles. The van der Waals surface area contributed by atoms with Crippen LogP contribution in [0.1, 0.15) is 25.3 Å². The van der Waals surface area contributed by atoms with Crippen LogP contribution in [0.5, 0.6) is 5.75 Å². The van der Waals surface area contributed by atoms with Gasteiger partial charge in [0.2, 0.25) is 0 Å². The zero-order valence-electron chi connectivity index (χ0n) is 13.3. The molecule has 1 aromatic rings. The van der Waals surface area contributed by atoms with Crippen LogP contribution in [0.3, 0.4) is 0 Å². The summed E-state index contributed by atoms with van der Waals surface area (Å²) in [4.78, 5) is 24.8. The van der Waals surface area contributed by atoms with Gasteiger partial charge in [0.15, 0.2) is 6.19 Å². The maximum absolute atomic E-state index is 12.2. The Kier molecular flexibility index (Phi) is 7.40. The van der Waals surface area contributed by atoms with Crippen molar-refractivity contribution in [3.8, 4) is 11.9 Å². The van der Waals surface area contributed by atoms with E-state index in [2.05, 4.69) is 5.32 Å². The Labute approximate surface area is 135 Å². The van der Waals surface area contributed by atoms with Crippen molar-refractivity contribution in [3.05, 3.63) is 29.8 Å². The monoisotopic (exact) mass is 319 g/mol. The number of alkyl carbamates (subject to hydrolysis) is 1. The number of rotatable bonds is 7. The molecule has 0 spiro atoms. The Balaban J connectivity index is 2.76. The molecule has 2 amide bonds. The van der Waals surface area contributed by atoms with Crippen LogP contribution in [0.2, 0.25) is 0 Å². The lowest BCUT2D eigenvalue weighted by molar-refractivity contribution is -0.129. The number of phenolic OH excluding ortho intramolecular Hbond substituents is 1. The third kappa shape index (κ3) is 6.26. The van der Waals surface area contributed by atoms with Gasteiger partial charge in [0.1, 0.15) is 11.8 Å². The Bertz CT molecular complexity index is 566. The molecule has 23 heavy (non-hydrogen) atoms. The van der Waals surface area contributed by atoms with Crippen molar-refractivity contribution in [1.82, 2.24) is 10.2 Å². The van der Waals surface area contributed by atoms with Crippen molar-refractivity contribution in [2.24, 2.45) is 0 Å². The van der Waals surface area contributed by atoms with Gasteiger partial charge in [-0.2, -0.15) is 5.26 Å². The van der Waals surface area contributed by atoms with E-state index in [1.807, 2.05) is 6.92 Å². The van der Waals surface area contributed by atoms with Gasteiger partial charge in [-0.05, 0) is 24.1 Å².